The van der Waals surface area contributed by atoms with Crippen LogP contribution in [0.25, 0.3) is 0 Å². The van der Waals surface area contributed by atoms with E-state index in [1.807, 2.05) is 6.92 Å². The predicted molar refractivity (Wildman–Crippen MR) is 118 cm³/mol. The maximum absolute atomic E-state index is 10.4. The summed E-state index contributed by atoms with van der Waals surface area (Å²) in [7, 11) is 0. The van der Waals surface area contributed by atoms with Gasteiger partial charge < -0.3 is 14.6 Å². The Hall–Kier alpha value is -0.120. The van der Waals surface area contributed by atoms with E-state index >= 15 is 0 Å². The summed E-state index contributed by atoms with van der Waals surface area (Å²) in [5.41, 5.74) is 0.340. The summed E-state index contributed by atoms with van der Waals surface area (Å²) in [4.78, 5) is 0. The van der Waals surface area contributed by atoms with Crippen molar-refractivity contribution in [3.8, 4) is 0 Å². The number of aliphatic hydroxyl groups is 1. The Labute approximate surface area is 183 Å². The van der Waals surface area contributed by atoms with Crippen molar-refractivity contribution in [2.75, 3.05) is 6.61 Å². The first-order valence-corrected chi connectivity index (χ1v) is 13.2. The molecule has 2 unspecified atom stereocenters. The van der Waals surface area contributed by atoms with Crippen LogP contribution in [0.5, 0.6) is 0 Å². The van der Waals surface area contributed by atoms with Crippen LogP contribution in [0.2, 0.25) is 0 Å². The first-order chi connectivity index (χ1) is 14.2. The molecular formula is C27H44O3. The molecule has 2 saturated heterocycles. The third-order valence-corrected chi connectivity index (χ3v) is 11.9. The molecule has 170 valence electrons. The van der Waals surface area contributed by atoms with Crippen molar-refractivity contribution in [3.05, 3.63) is 0 Å². The quantitative estimate of drug-likeness (QED) is 0.531. The minimum atomic E-state index is -0.690. The molecule has 6 aliphatic rings. The first-order valence-electron chi connectivity index (χ1n) is 13.2. The molecule has 0 aromatic carbocycles. The van der Waals surface area contributed by atoms with Crippen molar-refractivity contribution in [2.24, 2.45) is 46.3 Å². The van der Waals surface area contributed by atoms with E-state index in [4.69, 9.17) is 9.47 Å². The lowest BCUT2D eigenvalue weighted by Gasteiger charge is -2.61. The molecule has 2 aliphatic heterocycles. The fourth-order valence-corrected chi connectivity index (χ4v) is 10.3. The molecule has 4 aliphatic carbocycles. The smallest absolute Gasteiger partial charge is 0.171 e. The Morgan fingerprint density at radius 1 is 0.833 bits per heavy atom. The molecule has 0 aromatic heterocycles. The third kappa shape index (κ3) is 2.61. The van der Waals surface area contributed by atoms with Crippen molar-refractivity contribution < 1.29 is 14.6 Å². The number of hydrogen-bond donors (Lipinski definition) is 1. The zero-order chi connectivity index (χ0) is 20.9. The minimum Gasteiger partial charge on any atom is -0.388 e. The van der Waals surface area contributed by atoms with E-state index in [0.29, 0.717) is 35.4 Å². The van der Waals surface area contributed by atoms with Gasteiger partial charge in [0.25, 0.3) is 0 Å². The fourth-order valence-electron chi connectivity index (χ4n) is 10.3. The molecule has 0 aromatic rings. The highest BCUT2D eigenvalue weighted by Crippen LogP contribution is 2.71. The van der Waals surface area contributed by atoms with Crippen LogP contribution in [0.3, 0.4) is 0 Å². The van der Waals surface area contributed by atoms with Gasteiger partial charge in [0.2, 0.25) is 0 Å². The lowest BCUT2D eigenvalue weighted by molar-refractivity contribution is -0.294. The van der Waals surface area contributed by atoms with Crippen LogP contribution in [0, 0.1) is 46.3 Å². The molecule has 6 fully saturated rings. The number of fused-ring (bicyclic) bond motifs is 7. The molecule has 0 amide bonds. The van der Waals surface area contributed by atoms with E-state index < -0.39 is 11.4 Å². The summed E-state index contributed by atoms with van der Waals surface area (Å²) in [5, 5.41) is 10.4. The summed E-state index contributed by atoms with van der Waals surface area (Å²) in [6.45, 7) is 10.0. The van der Waals surface area contributed by atoms with E-state index in [0.717, 1.165) is 36.5 Å². The van der Waals surface area contributed by atoms with Crippen LogP contribution >= 0.6 is 0 Å². The van der Waals surface area contributed by atoms with Crippen LogP contribution in [0.15, 0.2) is 0 Å². The van der Waals surface area contributed by atoms with Crippen molar-refractivity contribution in [2.45, 2.75) is 116 Å². The zero-order valence-corrected chi connectivity index (χ0v) is 19.8. The molecule has 11 atom stereocenters. The average molecular weight is 417 g/mol. The Kier molecular flexibility index (Phi) is 4.42. The summed E-state index contributed by atoms with van der Waals surface area (Å²) in [6.07, 6.45) is 15.0. The van der Waals surface area contributed by atoms with E-state index in [-0.39, 0.29) is 0 Å². The van der Waals surface area contributed by atoms with Gasteiger partial charge in [-0.3, -0.25) is 0 Å². The number of ether oxygens (including phenoxy) is 2. The van der Waals surface area contributed by atoms with Crippen molar-refractivity contribution in [3.63, 3.8) is 0 Å². The Morgan fingerprint density at radius 3 is 2.43 bits per heavy atom. The lowest BCUT2D eigenvalue weighted by atomic mass is 9.44. The fraction of sp³-hybridized carbons (Fsp3) is 1.00. The molecule has 1 N–H and O–H groups in total. The summed E-state index contributed by atoms with van der Waals surface area (Å²) < 4.78 is 13.2. The van der Waals surface area contributed by atoms with Crippen molar-refractivity contribution in [1.82, 2.24) is 0 Å². The molecule has 0 bridgehead atoms. The second kappa shape index (κ2) is 6.48. The molecular weight excluding hydrogens is 372 g/mol. The largest absolute Gasteiger partial charge is 0.388 e. The van der Waals surface area contributed by atoms with Gasteiger partial charge >= 0.3 is 0 Å². The van der Waals surface area contributed by atoms with Crippen LogP contribution in [-0.4, -0.2) is 29.2 Å². The maximum atomic E-state index is 10.4. The molecule has 4 saturated carbocycles. The second-order valence-electron chi connectivity index (χ2n) is 13.3. The predicted octanol–water partition coefficient (Wildman–Crippen LogP) is 5.94. The molecule has 0 radical (unpaired) electrons. The Morgan fingerprint density at radius 2 is 1.67 bits per heavy atom. The highest BCUT2D eigenvalue weighted by Gasteiger charge is 2.69. The van der Waals surface area contributed by atoms with Crippen molar-refractivity contribution >= 4 is 0 Å². The molecule has 3 heteroatoms. The minimum absolute atomic E-state index is 0.369. The van der Waals surface area contributed by atoms with Gasteiger partial charge in [-0.15, -0.1) is 0 Å². The Balaban J connectivity index is 1.26. The number of hydrogen-bond acceptors (Lipinski definition) is 3. The van der Waals surface area contributed by atoms with Gasteiger partial charge in [-0.2, -0.15) is 0 Å². The van der Waals surface area contributed by atoms with Gasteiger partial charge in [0.15, 0.2) is 5.79 Å². The third-order valence-electron chi connectivity index (χ3n) is 11.9. The normalized spacial score (nSPS) is 62.5. The number of rotatable bonds is 0. The SMILES string of the molecule is C[C@H]1[C@H]2[C@H](C[C@H]3[C@@H]4CCC5CCCC[C@]5(C)[C@H]4CC[C@]23C)O[C@]12CCC(C)(O)CO2. The van der Waals surface area contributed by atoms with E-state index in [2.05, 4.69) is 20.8 Å². The zero-order valence-electron chi connectivity index (χ0n) is 19.8. The van der Waals surface area contributed by atoms with Crippen LogP contribution in [0.4, 0.5) is 0 Å². The van der Waals surface area contributed by atoms with Gasteiger partial charge in [0.1, 0.15) is 0 Å². The van der Waals surface area contributed by atoms with Crippen LogP contribution < -0.4 is 0 Å². The first kappa shape index (κ1) is 20.5. The van der Waals surface area contributed by atoms with Crippen molar-refractivity contribution in [1.29, 1.82) is 0 Å². The second-order valence-corrected chi connectivity index (χ2v) is 13.3. The van der Waals surface area contributed by atoms with E-state index in [1.165, 1.54) is 57.8 Å². The van der Waals surface area contributed by atoms with E-state index in [9.17, 15) is 5.11 Å². The molecule has 6 rings (SSSR count). The van der Waals surface area contributed by atoms with Gasteiger partial charge in [-0.05, 0) is 98.7 Å². The summed E-state index contributed by atoms with van der Waals surface area (Å²) >= 11 is 0. The van der Waals surface area contributed by atoms with Gasteiger partial charge in [-0.1, -0.05) is 33.6 Å². The summed E-state index contributed by atoms with van der Waals surface area (Å²) in [5.74, 6) is 4.36. The molecule has 30 heavy (non-hydrogen) atoms. The van der Waals surface area contributed by atoms with Gasteiger partial charge in [0, 0.05) is 12.3 Å². The molecule has 2 heterocycles. The Bertz CT molecular complexity index is 692. The van der Waals surface area contributed by atoms with Gasteiger partial charge in [-0.25, -0.2) is 0 Å². The molecule has 1 spiro atoms. The highest BCUT2D eigenvalue weighted by atomic mass is 16.7. The van der Waals surface area contributed by atoms with Crippen LogP contribution in [0.1, 0.15) is 98.3 Å². The average Bonchev–Trinajstić information content (AvgIpc) is 3.15. The standard InChI is InChI=1S/C27H44O3/c1-17-23-22(30-27(17)14-13-24(2,28)16-29-27)15-21-19-9-8-18-7-5-6-11-25(18,3)20(19)10-12-26(21,23)4/h17-23,28H,5-16H2,1-4H3/t17-,18?,19+,20-,21-,22-,23-,24?,25-,26-,27+/m0/s1. The van der Waals surface area contributed by atoms with Crippen LogP contribution in [-0.2, 0) is 9.47 Å². The molecule has 3 nitrogen and oxygen atoms in total. The topological polar surface area (TPSA) is 38.7 Å². The monoisotopic (exact) mass is 416 g/mol. The van der Waals surface area contributed by atoms with Gasteiger partial charge in [0.05, 0.1) is 18.3 Å². The maximum Gasteiger partial charge on any atom is 0.171 e. The van der Waals surface area contributed by atoms with E-state index in [1.54, 1.807) is 0 Å². The summed E-state index contributed by atoms with van der Waals surface area (Å²) in [6, 6.07) is 0. The highest BCUT2D eigenvalue weighted by molar-refractivity contribution is 5.15. The lowest BCUT2D eigenvalue weighted by Crippen LogP contribution is -2.55.